The van der Waals surface area contributed by atoms with Crippen molar-refractivity contribution in [3.05, 3.63) is 57.8 Å². The number of aromatic nitrogens is 1. The third-order valence-electron chi connectivity index (χ3n) is 3.55. The highest BCUT2D eigenvalue weighted by atomic mass is 35.5. The maximum absolute atomic E-state index is 10.1. The van der Waals surface area contributed by atoms with Crippen LogP contribution in [0.5, 0.6) is 0 Å². The number of hydrogen-bond donors (Lipinski definition) is 1. The van der Waals surface area contributed by atoms with Gasteiger partial charge in [-0.25, -0.2) is 0 Å². The summed E-state index contributed by atoms with van der Waals surface area (Å²) in [4.78, 5) is 0. The zero-order valence-corrected chi connectivity index (χ0v) is 11.9. The van der Waals surface area contributed by atoms with Gasteiger partial charge in [-0.2, -0.15) is 0 Å². The molecule has 1 unspecified atom stereocenters. The summed E-state index contributed by atoms with van der Waals surface area (Å²) in [5.41, 5.74) is 2.02. The minimum absolute atomic E-state index is 0.318. The van der Waals surface area contributed by atoms with Crippen molar-refractivity contribution in [3.8, 4) is 0 Å². The van der Waals surface area contributed by atoms with Gasteiger partial charge in [0.05, 0.1) is 6.10 Å². The molecular formula is C15H15Cl2NO. The van der Waals surface area contributed by atoms with Gasteiger partial charge >= 0.3 is 0 Å². The third kappa shape index (κ3) is 2.97. The summed E-state index contributed by atoms with van der Waals surface area (Å²) in [6.45, 7) is 0.688. The first-order valence-electron chi connectivity index (χ1n) is 6.41. The Bertz CT molecular complexity index is 590. The highest BCUT2D eigenvalue weighted by molar-refractivity contribution is 6.35. The quantitative estimate of drug-likeness (QED) is 0.894. The van der Waals surface area contributed by atoms with Crippen molar-refractivity contribution < 1.29 is 5.11 Å². The Morgan fingerprint density at radius 1 is 1.26 bits per heavy atom. The molecule has 0 radical (unpaired) electrons. The summed E-state index contributed by atoms with van der Waals surface area (Å²) < 4.78 is 2.04. The van der Waals surface area contributed by atoms with E-state index in [0.29, 0.717) is 22.5 Å². The van der Waals surface area contributed by atoms with Gasteiger partial charge in [0.15, 0.2) is 0 Å². The maximum Gasteiger partial charge on any atom is 0.0832 e. The zero-order chi connectivity index (χ0) is 13.4. The first-order chi connectivity index (χ1) is 9.13. The van der Waals surface area contributed by atoms with Crippen LogP contribution in [0.4, 0.5) is 0 Å². The summed E-state index contributed by atoms with van der Waals surface area (Å²) in [5, 5.41) is 11.4. The van der Waals surface area contributed by atoms with Crippen LogP contribution in [0, 0.1) is 5.92 Å². The van der Waals surface area contributed by atoms with Gasteiger partial charge in [-0.1, -0.05) is 29.3 Å². The standard InChI is InChI=1S/C15H15Cl2NO/c16-13-4-3-11(14(17)7-13)8-18-6-5-12(9-18)15(19)10-1-2-10/h3-7,9-10,15,19H,1-2,8H2. The summed E-state index contributed by atoms with van der Waals surface area (Å²) in [5.74, 6) is 0.454. The van der Waals surface area contributed by atoms with Gasteiger partial charge in [-0.05, 0) is 48.1 Å². The minimum atomic E-state index is -0.318. The van der Waals surface area contributed by atoms with Crippen molar-refractivity contribution in [2.45, 2.75) is 25.5 Å². The molecule has 1 N–H and O–H groups in total. The number of rotatable bonds is 4. The van der Waals surface area contributed by atoms with E-state index in [9.17, 15) is 5.11 Å². The molecule has 0 spiro atoms. The van der Waals surface area contributed by atoms with Crippen molar-refractivity contribution in [3.63, 3.8) is 0 Å². The molecular weight excluding hydrogens is 281 g/mol. The third-order valence-corrected chi connectivity index (χ3v) is 4.14. The minimum Gasteiger partial charge on any atom is -0.388 e. The van der Waals surface area contributed by atoms with Crippen LogP contribution < -0.4 is 0 Å². The molecule has 1 heterocycles. The van der Waals surface area contributed by atoms with Crippen LogP contribution in [0.15, 0.2) is 36.7 Å². The Balaban J connectivity index is 1.76. The molecule has 3 rings (SSSR count). The molecule has 1 aromatic heterocycles. The number of halogens is 2. The lowest BCUT2D eigenvalue weighted by Gasteiger charge is -2.08. The predicted octanol–water partition coefficient (Wildman–Crippen LogP) is 4.29. The van der Waals surface area contributed by atoms with Crippen LogP contribution in [-0.2, 0) is 6.54 Å². The summed E-state index contributed by atoms with van der Waals surface area (Å²) in [6, 6.07) is 7.50. The Hall–Kier alpha value is -0.960. The van der Waals surface area contributed by atoms with E-state index < -0.39 is 0 Å². The summed E-state index contributed by atoms with van der Waals surface area (Å²) in [6.07, 6.45) is 5.92. The SMILES string of the molecule is OC(c1ccn(Cc2ccc(Cl)cc2Cl)c1)C1CC1. The molecule has 2 aromatic rings. The van der Waals surface area contributed by atoms with E-state index in [1.807, 2.05) is 35.2 Å². The van der Waals surface area contributed by atoms with Crippen molar-refractivity contribution in [1.29, 1.82) is 0 Å². The Kier molecular flexibility index (Phi) is 3.57. The summed E-state index contributed by atoms with van der Waals surface area (Å²) in [7, 11) is 0. The smallest absolute Gasteiger partial charge is 0.0832 e. The lowest BCUT2D eigenvalue weighted by molar-refractivity contribution is 0.154. The van der Waals surface area contributed by atoms with E-state index in [2.05, 4.69) is 0 Å². The first-order valence-corrected chi connectivity index (χ1v) is 7.17. The fourth-order valence-electron chi connectivity index (χ4n) is 2.26. The second kappa shape index (κ2) is 5.20. The monoisotopic (exact) mass is 295 g/mol. The largest absolute Gasteiger partial charge is 0.388 e. The topological polar surface area (TPSA) is 25.2 Å². The van der Waals surface area contributed by atoms with E-state index in [1.165, 1.54) is 0 Å². The van der Waals surface area contributed by atoms with Gasteiger partial charge < -0.3 is 9.67 Å². The lowest BCUT2D eigenvalue weighted by Crippen LogP contribution is -2.00. The molecule has 1 saturated carbocycles. The number of benzene rings is 1. The molecule has 1 fully saturated rings. The molecule has 1 aliphatic carbocycles. The van der Waals surface area contributed by atoms with Gasteiger partial charge in [0, 0.05) is 29.0 Å². The second-order valence-electron chi connectivity index (χ2n) is 5.14. The van der Waals surface area contributed by atoms with Crippen LogP contribution >= 0.6 is 23.2 Å². The normalized spacial score (nSPS) is 16.6. The summed E-state index contributed by atoms with van der Waals surface area (Å²) >= 11 is 12.0. The second-order valence-corrected chi connectivity index (χ2v) is 5.98. The van der Waals surface area contributed by atoms with E-state index >= 15 is 0 Å². The molecule has 1 aromatic carbocycles. The molecule has 4 heteroatoms. The van der Waals surface area contributed by atoms with E-state index in [1.54, 1.807) is 6.07 Å². The number of hydrogen-bond acceptors (Lipinski definition) is 1. The van der Waals surface area contributed by atoms with Crippen LogP contribution in [0.1, 0.15) is 30.1 Å². The van der Waals surface area contributed by atoms with Crippen molar-refractivity contribution in [2.75, 3.05) is 0 Å². The van der Waals surface area contributed by atoms with Crippen LogP contribution in [0.25, 0.3) is 0 Å². The van der Waals surface area contributed by atoms with E-state index in [0.717, 1.165) is 24.0 Å². The highest BCUT2D eigenvalue weighted by Gasteiger charge is 2.31. The van der Waals surface area contributed by atoms with Gasteiger partial charge in [-0.3, -0.25) is 0 Å². The van der Waals surface area contributed by atoms with Crippen molar-refractivity contribution >= 4 is 23.2 Å². The van der Waals surface area contributed by atoms with Crippen molar-refractivity contribution in [2.24, 2.45) is 5.92 Å². The van der Waals surface area contributed by atoms with E-state index in [4.69, 9.17) is 23.2 Å². The predicted molar refractivity (Wildman–Crippen MR) is 77.7 cm³/mol. The first kappa shape index (κ1) is 13.0. The average Bonchev–Trinajstić information content (AvgIpc) is 3.12. The average molecular weight is 296 g/mol. The molecule has 2 nitrogen and oxygen atoms in total. The molecule has 0 aliphatic heterocycles. The molecule has 19 heavy (non-hydrogen) atoms. The van der Waals surface area contributed by atoms with Crippen molar-refractivity contribution in [1.82, 2.24) is 4.57 Å². The number of aliphatic hydroxyl groups is 1. The zero-order valence-electron chi connectivity index (χ0n) is 10.4. The van der Waals surface area contributed by atoms with E-state index in [-0.39, 0.29) is 6.10 Å². The Labute approximate surface area is 122 Å². The van der Waals surface area contributed by atoms with Gasteiger partial charge in [-0.15, -0.1) is 0 Å². The molecule has 1 aliphatic rings. The fraction of sp³-hybridized carbons (Fsp3) is 0.333. The number of nitrogens with zero attached hydrogens (tertiary/aromatic N) is 1. The molecule has 1 atom stereocenters. The van der Waals surface area contributed by atoms with Gasteiger partial charge in [0.25, 0.3) is 0 Å². The lowest BCUT2D eigenvalue weighted by atomic mass is 10.1. The molecule has 0 saturated heterocycles. The maximum atomic E-state index is 10.1. The van der Waals surface area contributed by atoms with Gasteiger partial charge in [0.1, 0.15) is 0 Å². The van der Waals surface area contributed by atoms with Gasteiger partial charge in [0.2, 0.25) is 0 Å². The fourth-order valence-corrected chi connectivity index (χ4v) is 2.73. The number of aliphatic hydroxyl groups excluding tert-OH is 1. The van der Waals surface area contributed by atoms with Crippen LogP contribution in [0.3, 0.4) is 0 Å². The Morgan fingerprint density at radius 3 is 2.74 bits per heavy atom. The molecule has 0 bridgehead atoms. The molecule has 0 amide bonds. The van der Waals surface area contributed by atoms with Crippen LogP contribution in [-0.4, -0.2) is 9.67 Å². The molecule has 100 valence electrons. The highest BCUT2D eigenvalue weighted by Crippen LogP contribution is 2.40. The van der Waals surface area contributed by atoms with Crippen LogP contribution in [0.2, 0.25) is 10.0 Å². The Morgan fingerprint density at radius 2 is 2.05 bits per heavy atom.